The Bertz CT molecular complexity index is 608. The van der Waals surface area contributed by atoms with Crippen LogP contribution in [0.2, 0.25) is 0 Å². The molecule has 26 heavy (non-hydrogen) atoms. The molecule has 0 unspecified atom stereocenters. The number of aliphatic hydroxyl groups excluding tert-OH is 1. The largest absolute Gasteiger partial charge is 0.393 e. The molecule has 2 atom stereocenters. The van der Waals surface area contributed by atoms with Gasteiger partial charge < -0.3 is 19.5 Å². The van der Waals surface area contributed by atoms with E-state index in [-0.39, 0.29) is 23.7 Å². The first-order valence-corrected chi connectivity index (χ1v) is 9.69. The highest BCUT2D eigenvalue weighted by Gasteiger charge is 2.45. The van der Waals surface area contributed by atoms with Crippen LogP contribution in [0.1, 0.15) is 58.1 Å². The normalized spacial score (nSPS) is 26.1. The minimum Gasteiger partial charge on any atom is -0.393 e. The Labute approximate surface area is 156 Å². The van der Waals surface area contributed by atoms with E-state index in [2.05, 4.69) is 12.1 Å². The lowest BCUT2D eigenvalue weighted by Gasteiger charge is -2.48. The van der Waals surface area contributed by atoms with E-state index in [9.17, 15) is 9.90 Å². The first-order chi connectivity index (χ1) is 12.4. The molecule has 2 saturated heterocycles. The summed E-state index contributed by atoms with van der Waals surface area (Å²) >= 11 is 0. The number of rotatable bonds is 4. The van der Waals surface area contributed by atoms with Gasteiger partial charge in [-0.2, -0.15) is 0 Å². The monoisotopic (exact) mass is 361 g/mol. The van der Waals surface area contributed by atoms with Crippen molar-refractivity contribution in [1.29, 1.82) is 0 Å². The lowest BCUT2D eigenvalue weighted by atomic mass is 9.80. The van der Waals surface area contributed by atoms with E-state index in [1.165, 1.54) is 0 Å². The highest BCUT2D eigenvalue weighted by molar-refractivity contribution is 5.84. The zero-order chi connectivity index (χ0) is 18.8. The molecule has 0 radical (unpaired) electrons. The number of carbonyl (C=O) groups is 1. The van der Waals surface area contributed by atoms with Crippen LogP contribution in [0.5, 0.6) is 0 Å². The fourth-order valence-electron chi connectivity index (χ4n) is 4.27. The summed E-state index contributed by atoms with van der Waals surface area (Å²) < 4.78 is 12.1. The smallest absolute Gasteiger partial charge is 0.254 e. The maximum Gasteiger partial charge on any atom is 0.254 e. The molecule has 0 aliphatic carbocycles. The van der Waals surface area contributed by atoms with Crippen LogP contribution in [-0.4, -0.2) is 52.9 Å². The SMILES string of the molecule is CCOC(C)(C)C(=O)N1CCC2(CC1)C[C@H](O)C[C@H](c1ccccc1)O2. The van der Waals surface area contributed by atoms with Crippen molar-refractivity contribution >= 4 is 5.91 Å². The van der Waals surface area contributed by atoms with E-state index in [4.69, 9.17) is 9.47 Å². The van der Waals surface area contributed by atoms with Gasteiger partial charge in [0.05, 0.1) is 17.8 Å². The third-order valence-corrected chi connectivity index (χ3v) is 5.64. The molecule has 0 aromatic heterocycles. The zero-order valence-corrected chi connectivity index (χ0v) is 16.1. The number of amides is 1. The van der Waals surface area contributed by atoms with Crippen molar-refractivity contribution < 1.29 is 19.4 Å². The molecule has 2 fully saturated rings. The summed E-state index contributed by atoms with van der Waals surface area (Å²) in [4.78, 5) is 14.6. The third kappa shape index (κ3) is 4.11. The molecule has 144 valence electrons. The summed E-state index contributed by atoms with van der Waals surface area (Å²) in [6.45, 7) is 7.37. The fraction of sp³-hybridized carbons (Fsp3) is 0.667. The number of likely N-dealkylation sites (tertiary alicyclic amines) is 1. The number of hydrogen-bond acceptors (Lipinski definition) is 4. The molecule has 2 aliphatic rings. The number of nitrogens with zero attached hydrogens (tertiary/aromatic N) is 1. The summed E-state index contributed by atoms with van der Waals surface area (Å²) in [5.41, 5.74) is -0.0228. The first kappa shape index (κ1) is 19.3. The van der Waals surface area contributed by atoms with E-state index in [0.29, 0.717) is 32.5 Å². The molecule has 5 heteroatoms. The van der Waals surface area contributed by atoms with Gasteiger partial charge in [-0.15, -0.1) is 0 Å². The molecule has 1 N–H and O–H groups in total. The van der Waals surface area contributed by atoms with Crippen LogP contribution in [0.15, 0.2) is 30.3 Å². The topological polar surface area (TPSA) is 59.0 Å². The highest BCUT2D eigenvalue weighted by Crippen LogP contribution is 2.43. The van der Waals surface area contributed by atoms with Crippen molar-refractivity contribution in [1.82, 2.24) is 4.90 Å². The maximum atomic E-state index is 12.7. The van der Waals surface area contributed by atoms with Crippen LogP contribution in [-0.2, 0) is 14.3 Å². The van der Waals surface area contributed by atoms with Gasteiger partial charge in [-0.3, -0.25) is 4.79 Å². The maximum absolute atomic E-state index is 12.7. The van der Waals surface area contributed by atoms with Crippen LogP contribution < -0.4 is 0 Å². The van der Waals surface area contributed by atoms with Gasteiger partial charge in [-0.25, -0.2) is 0 Å². The van der Waals surface area contributed by atoms with Crippen LogP contribution >= 0.6 is 0 Å². The van der Waals surface area contributed by atoms with Gasteiger partial charge in [-0.05, 0) is 39.2 Å². The highest BCUT2D eigenvalue weighted by atomic mass is 16.5. The predicted octanol–water partition coefficient (Wildman–Crippen LogP) is 3.08. The molecule has 3 rings (SSSR count). The summed E-state index contributed by atoms with van der Waals surface area (Å²) in [5, 5.41) is 10.5. The second kappa shape index (κ2) is 7.67. The van der Waals surface area contributed by atoms with Gasteiger partial charge in [0.15, 0.2) is 0 Å². The Morgan fingerprint density at radius 2 is 1.96 bits per heavy atom. The van der Waals surface area contributed by atoms with Gasteiger partial charge in [-0.1, -0.05) is 30.3 Å². The number of carbonyl (C=O) groups excluding carboxylic acids is 1. The lowest BCUT2D eigenvalue weighted by molar-refractivity contribution is -0.190. The Hall–Kier alpha value is -1.43. The Balaban J connectivity index is 1.66. The molecular formula is C21H31NO4. The van der Waals surface area contributed by atoms with Crippen molar-refractivity contribution in [2.45, 2.75) is 69.9 Å². The molecule has 2 heterocycles. The Morgan fingerprint density at radius 1 is 1.31 bits per heavy atom. The molecule has 1 amide bonds. The van der Waals surface area contributed by atoms with Gasteiger partial charge in [0.1, 0.15) is 5.60 Å². The number of piperidine rings is 1. The number of ether oxygens (including phenoxy) is 2. The molecule has 2 aliphatic heterocycles. The second-order valence-electron chi connectivity index (χ2n) is 8.03. The summed E-state index contributed by atoms with van der Waals surface area (Å²) in [5.74, 6) is 0.0326. The summed E-state index contributed by atoms with van der Waals surface area (Å²) in [7, 11) is 0. The van der Waals surface area contributed by atoms with Gasteiger partial charge in [0.2, 0.25) is 0 Å². The minimum atomic E-state index is -0.793. The molecule has 1 aromatic carbocycles. The molecule has 1 aromatic rings. The van der Waals surface area contributed by atoms with Crippen LogP contribution in [0.3, 0.4) is 0 Å². The number of aliphatic hydroxyl groups is 1. The van der Waals surface area contributed by atoms with Crippen molar-refractivity contribution in [2.75, 3.05) is 19.7 Å². The van der Waals surface area contributed by atoms with E-state index in [0.717, 1.165) is 18.4 Å². The van der Waals surface area contributed by atoms with E-state index >= 15 is 0 Å². The number of hydrogen-bond donors (Lipinski definition) is 1. The van der Waals surface area contributed by atoms with Gasteiger partial charge in [0, 0.05) is 32.5 Å². The van der Waals surface area contributed by atoms with Crippen LogP contribution in [0.4, 0.5) is 0 Å². The summed E-state index contributed by atoms with van der Waals surface area (Å²) in [6.07, 6.45) is 2.33. The Morgan fingerprint density at radius 3 is 2.58 bits per heavy atom. The van der Waals surface area contributed by atoms with Gasteiger partial charge >= 0.3 is 0 Å². The van der Waals surface area contributed by atoms with Crippen molar-refractivity contribution in [3.63, 3.8) is 0 Å². The second-order valence-corrected chi connectivity index (χ2v) is 8.03. The van der Waals surface area contributed by atoms with Crippen molar-refractivity contribution in [3.05, 3.63) is 35.9 Å². The summed E-state index contributed by atoms with van der Waals surface area (Å²) in [6, 6.07) is 10.1. The average molecular weight is 361 g/mol. The average Bonchev–Trinajstić information content (AvgIpc) is 2.62. The molecule has 5 nitrogen and oxygen atoms in total. The quantitative estimate of drug-likeness (QED) is 0.895. The molecule has 0 bridgehead atoms. The first-order valence-electron chi connectivity index (χ1n) is 9.69. The van der Waals surface area contributed by atoms with E-state index in [1.807, 2.05) is 43.9 Å². The van der Waals surface area contributed by atoms with E-state index < -0.39 is 5.60 Å². The fourth-order valence-corrected chi connectivity index (χ4v) is 4.27. The standard InChI is InChI=1S/C21H31NO4/c1-4-25-20(2,3)19(24)22-12-10-21(11-13-22)15-17(23)14-18(26-21)16-8-6-5-7-9-16/h5-9,17-18,23H,4,10-15H2,1-3H3/t17-,18-/m1/s1. The molecule has 0 saturated carbocycles. The third-order valence-electron chi connectivity index (χ3n) is 5.64. The Kier molecular flexibility index (Phi) is 5.70. The minimum absolute atomic E-state index is 0.0326. The van der Waals surface area contributed by atoms with E-state index in [1.54, 1.807) is 0 Å². The van der Waals surface area contributed by atoms with Crippen molar-refractivity contribution in [3.8, 4) is 0 Å². The lowest BCUT2D eigenvalue weighted by Crippen LogP contribution is -2.55. The molecular weight excluding hydrogens is 330 g/mol. The zero-order valence-electron chi connectivity index (χ0n) is 16.1. The van der Waals surface area contributed by atoms with Gasteiger partial charge in [0.25, 0.3) is 5.91 Å². The number of benzene rings is 1. The van der Waals surface area contributed by atoms with Crippen LogP contribution in [0.25, 0.3) is 0 Å². The molecule has 1 spiro atoms. The van der Waals surface area contributed by atoms with Crippen molar-refractivity contribution in [2.24, 2.45) is 0 Å². The predicted molar refractivity (Wildman–Crippen MR) is 99.8 cm³/mol. The van der Waals surface area contributed by atoms with Crippen LogP contribution in [0, 0.1) is 0 Å².